The summed E-state index contributed by atoms with van der Waals surface area (Å²) in [6.07, 6.45) is 12.8. The Hall–Kier alpha value is -1.42. The van der Waals surface area contributed by atoms with E-state index in [1.807, 2.05) is 13.0 Å². The second-order valence-corrected chi connectivity index (χ2v) is 11.0. The third kappa shape index (κ3) is 2.89. The van der Waals surface area contributed by atoms with Crippen LogP contribution in [0.2, 0.25) is 0 Å². The Bertz CT molecular complexity index is 812. The Morgan fingerprint density at radius 3 is 2.83 bits per heavy atom. The molecule has 164 valence electrons. The molecule has 1 heterocycles. The number of esters is 1. The molecule has 1 saturated heterocycles. The third-order valence-electron chi connectivity index (χ3n) is 9.76. The molecule has 0 amide bonds. The lowest BCUT2D eigenvalue weighted by atomic mass is 9.46. The molecule has 30 heavy (non-hydrogen) atoms. The molecule has 4 heteroatoms. The Labute approximate surface area is 180 Å². The number of fused-ring (bicyclic) bond motifs is 8. The van der Waals surface area contributed by atoms with Crippen molar-refractivity contribution < 1.29 is 19.1 Å². The van der Waals surface area contributed by atoms with Gasteiger partial charge in [0.15, 0.2) is 5.78 Å². The minimum absolute atomic E-state index is 0.144. The fourth-order valence-electron chi connectivity index (χ4n) is 8.27. The molecule has 5 aliphatic rings. The largest absolute Gasteiger partial charge is 0.463 e. The highest BCUT2D eigenvalue weighted by molar-refractivity contribution is 5.92. The number of ketones is 1. The van der Waals surface area contributed by atoms with E-state index < -0.39 is 0 Å². The lowest BCUT2D eigenvalue weighted by Gasteiger charge is -2.57. The van der Waals surface area contributed by atoms with E-state index in [-0.39, 0.29) is 17.5 Å². The van der Waals surface area contributed by atoms with Gasteiger partial charge in [-0.05, 0) is 91.1 Å². The lowest BCUT2D eigenvalue weighted by molar-refractivity contribution is -0.137. The van der Waals surface area contributed by atoms with Crippen molar-refractivity contribution in [2.75, 3.05) is 6.61 Å². The van der Waals surface area contributed by atoms with Crippen LogP contribution in [-0.4, -0.2) is 30.6 Å². The quantitative estimate of drug-likeness (QED) is 0.375. The molecule has 0 spiro atoms. The van der Waals surface area contributed by atoms with Crippen LogP contribution in [0.25, 0.3) is 0 Å². The molecular formula is C26H36O4. The van der Waals surface area contributed by atoms with Crippen LogP contribution < -0.4 is 0 Å². The number of epoxide rings is 1. The van der Waals surface area contributed by atoms with Crippen molar-refractivity contribution in [1.82, 2.24) is 0 Å². The number of ether oxygens (including phenoxy) is 2. The number of hydrogen-bond acceptors (Lipinski definition) is 4. The van der Waals surface area contributed by atoms with Crippen molar-refractivity contribution in [2.45, 2.75) is 78.4 Å². The van der Waals surface area contributed by atoms with Crippen LogP contribution in [0.5, 0.6) is 0 Å². The van der Waals surface area contributed by atoms with Crippen LogP contribution in [-0.2, 0) is 19.1 Å². The predicted octanol–water partition coefficient (Wildman–Crippen LogP) is 4.88. The van der Waals surface area contributed by atoms with Crippen molar-refractivity contribution in [2.24, 2.45) is 40.4 Å². The van der Waals surface area contributed by atoms with E-state index >= 15 is 0 Å². The maximum Gasteiger partial charge on any atom is 0.330 e. The fourth-order valence-corrected chi connectivity index (χ4v) is 8.27. The number of carbonyl (C=O) groups excluding carboxylic acids is 2. The summed E-state index contributed by atoms with van der Waals surface area (Å²) in [6.45, 7) is 9.47. The summed E-state index contributed by atoms with van der Waals surface area (Å²) in [7, 11) is 0. The van der Waals surface area contributed by atoms with E-state index in [0.29, 0.717) is 59.9 Å². The van der Waals surface area contributed by atoms with Crippen LogP contribution in [0.15, 0.2) is 23.8 Å². The minimum Gasteiger partial charge on any atom is -0.463 e. The second-order valence-electron chi connectivity index (χ2n) is 11.0. The number of rotatable bonds is 4. The van der Waals surface area contributed by atoms with Gasteiger partial charge in [-0.25, -0.2) is 4.79 Å². The first kappa shape index (κ1) is 20.5. The van der Waals surface area contributed by atoms with Crippen LogP contribution in [0.4, 0.5) is 0 Å². The lowest BCUT2D eigenvalue weighted by Crippen LogP contribution is -2.53. The summed E-state index contributed by atoms with van der Waals surface area (Å²) in [5.41, 5.74) is 1.76. The van der Waals surface area contributed by atoms with E-state index in [9.17, 15) is 9.59 Å². The summed E-state index contributed by atoms with van der Waals surface area (Å²) in [4.78, 5) is 23.9. The summed E-state index contributed by atoms with van der Waals surface area (Å²) < 4.78 is 11.4. The van der Waals surface area contributed by atoms with Gasteiger partial charge in [-0.1, -0.05) is 26.8 Å². The highest BCUT2D eigenvalue weighted by atomic mass is 16.6. The first-order valence-electron chi connectivity index (χ1n) is 12.0. The molecular weight excluding hydrogens is 376 g/mol. The smallest absolute Gasteiger partial charge is 0.330 e. The van der Waals surface area contributed by atoms with Crippen molar-refractivity contribution in [1.29, 1.82) is 0 Å². The van der Waals surface area contributed by atoms with Gasteiger partial charge < -0.3 is 9.47 Å². The Morgan fingerprint density at radius 2 is 2.07 bits per heavy atom. The molecule has 1 aliphatic heterocycles. The molecule has 4 nitrogen and oxygen atoms in total. The number of allylic oxidation sites excluding steroid dienone is 1. The maximum atomic E-state index is 12.1. The first-order valence-corrected chi connectivity index (χ1v) is 12.0. The summed E-state index contributed by atoms with van der Waals surface area (Å²) >= 11 is 0. The van der Waals surface area contributed by atoms with Crippen LogP contribution in [0.1, 0.15) is 66.2 Å². The molecule has 0 N–H and O–H groups in total. The van der Waals surface area contributed by atoms with Crippen LogP contribution in [0, 0.1) is 40.4 Å². The van der Waals surface area contributed by atoms with Crippen LogP contribution >= 0.6 is 0 Å². The van der Waals surface area contributed by atoms with E-state index in [4.69, 9.17) is 9.47 Å². The zero-order chi connectivity index (χ0) is 21.3. The van der Waals surface area contributed by atoms with Gasteiger partial charge in [-0.3, -0.25) is 4.79 Å². The van der Waals surface area contributed by atoms with E-state index in [0.717, 1.165) is 6.42 Å². The SMILES string of the molecule is CCOC(=O)/C=C/C(C)[C@H]1CC[C@H]2[C@@H]3C4OC4C4=CC(=O)CC[C@]4(C)[C@H]3CC[C@]12C. The zero-order valence-corrected chi connectivity index (χ0v) is 18.9. The summed E-state index contributed by atoms with van der Waals surface area (Å²) in [5, 5.41) is 0. The highest BCUT2D eigenvalue weighted by Gasteiger charge is 2.69. The molecule has 4 fully saturated rings. The minimum atomic E-state index is -0.228. The Morgan fingerprint density at radius 1 is 1.27 bits per heavy atom. The molecule has 3 unspecified atom stereocenters. The van der Waals surface area contributed by atoms with E-state index in [1.165, 1.54) is 31.3 Å². The van der Waals surface area contributed by atoms with E-state index in [2.05, 4.69) is 26.8 Å². The zero-order valence-electron chi connectivity index (χ0n) is 18.9. The Kier molecular flexibility index (Phi) is 4.81. The van der Waals surface area contributed by atoms with Crippen LogP contribution in [0.3, 0.4) is 0 Å². The van der Waals surface area contributed by atoms with Crippen molar-refractivity contribution >= 4 is 11.8 Å². The van der Waals surface area contributed by atoms with Gasteiger partial charge >= 0.3 is 5.97 Å². The average Bonchev–Trinajstić information content (AvgIpc) is 3.42. The van der Waals surface area contributed by atoms with Gasteiger partial charge in [0.05, 0.1) is 12.7 Å². The molecule has 4 aliphatic carbocycles. The number of hydrogen-bond donors (Lipinski definition) is 0. The summed E-state index contributed by atoms with van der Waals surface area (Å²) in [5.74, 6) is 2.99. The fraction of sp³-hybridized carbons (Fsp3) is 0.769. The molecule has 0 aromatic carbocycles. The van der Waals surface area contributed by atoms with Crippen molar-refractivity contribution in [3.63, 3.8) is 0 Å². The third-order valence-corrected chi connectivity index (χ3v) is 9.76. The number of carbonyl (C=O) groups is 2. The molecule has 3 saturated carbocycles. The van der Waals surface area contributed by atoms with E-state index in [1.54, 1.807) is 6.08 Å². The topological polar surface area (TPSA) is 55.9 Å². The molecule has 5 rings (SSSR count). The van der Waals surface area contributed by atoms with Gasteiger partial charge in [-0.15, -0.1) is 0 Å². The Balaban J connectivity index is 1.39. The summed E-state index contributed by atoms with van der Waals surface area (Å²) in [6, 6.07) is 0. The average molecular weight is 413 g/mol. The first-order chi connectivity index (χ1) is 14.3. The molecule has 0 bridgehead atoms. The van der Waals surface area contributed by atoms with Gasteiger partial charge in [0.2, 0.25) is 0 Å². The molecule has 0 aromatic rings. The van der Waals surface area contributed by atoms with Gasteiger partial charge in [0, 0.05) is 12.5 Å². The maximum absolute atomic E-state index is 12.1. The molecule has 0 aromatic heterocycles. The monoisotopic (exact) mass is 412 g/mol. The molecule has 9 atom stereocenters. The standard InChI is InChI=1S/C26H36O4/c1-5-29-21(28)9-6-15(2)17-7-8-18-22-19(11-13-25(17,18)3)26(4)12-10-16(27)14-20(26)23-24(22)30-23/h6,9,14-15,17-19,22-24H,5,7-8,10-13H2,1-4H3/b9-6+/t15?,17-,18+,19+,22+,23?,24?,25-,26-/m1/s1. The van der Waals surface area contributed by atoms with Crippen molar-refractivity contribution in [3.8, 4) is 0 Å². The second kappa shape index (κ2) is 7.05. The molecule has 0 radical (unpaired) electrons. The van der Waals surface area contributed by atoms with Crippen molar-refractivity contribution in [3.05, 3.63) is 23.8 Å². The van der Waals surface area contributed by atoms with Gasteiger partial charge in [0.1, 0.15) is 6.10 Å². The normalized spacial score (nSPS) is 47.6. The van der Waals surface area contributed by atoms with Gasteiger partial charge in [-0.2, -0.15) is 0 Å². The van der Waals surface area contributed by atoms with Gasteiger partial charge in [0.25, 0.3) is 0 Å². The highest BCUT2D eigenvalue weighted by Crippen LogP contribution is 2.70. The predicted molar refractivity (Wildman–Crippen MR) is 115 cm³/mol.